The third kappa shape index (κ3) is 6.15. The van der Waals surface area contributed by atoms with Crippen molar-refractivity contribution in [1.82, 2.24) is 0 Å². The number of carbonyl (C=O) groups excluding carboxylic acids is 2. The minimum Gasteiger partial charge on any atom is -0.493 e. The monoisotopic (exact) mass is 413 g/mol. The molecule has 0 heterocycles. The number of nitrogens with zero attached hydrogens (tertiary/aromatic N) is 1. The van der Waals surface area contributed by atoms with Gasteiger partial charge < -0.3 is 18.9 Å². The summed E-state index contributed by atoms with van der Waals surface area (Å²) in [6, 6.07) is 11.2. The highest BCUT2D eigenvalue weighted by Crippen LogP contribution is 2.30. The summed E-state index contributed by atoms with van der Waals surface area (Å²) in [5.74, 6) is -1.61. The highest BCUT2D eigenvalue weighted by Gasteiger charge is 2.16. The molecule has 2 aromatic rings. The van der Waals surface area contributed by atoms with E-state index in [1.165, 1.54) is 44.6 Å². The Morgan fingerprint density at radius 3 is 2.43 bits per heavy atom. The molecule has 7 nitrogen and oxygen atoms in total. The van der Waals surface area contributed by atoms with Gasteiger partial charge >= 0.3 is 11.9 Å². The van der Waals surface area contributed by atoms with Gasteiger partial charge in [-0.1, -0.05) is 6.07 Å². The van der Waals surface area contributed by atoms with Crippen LogP contribution in [0.3, 0.4) is 0 Å². The molecule has 0 spiro atoms. The standard InChI is InChI=1S/C22H20FNO6/c1-14(13-27-2)29-22(26)17(12-24)10-15-4-9-19(20(11-15)28-3)30-21(25)16-5-7-18(23)8-6-16/h4-11,14H,13H2,1-3H3/b17-10+/t14-/m1/s1. The molecule has 0 aliphatic heterocycles. The van der Waals surface area contributed by atoms with Gasteiger partial charge in [-0.05, 0) is 55.0 Å². The van der Waals surface area contributed by atoms with E-state index >= 15 is 0 Å². The number of benzene rings is 2. The van der Waals surface area contributed by atoms with Gasteiger partial charge in [0.1, 0.15) is 23.6 Å². The van der Waals surface area contributed by atoms with Crippen molar-refractivity contribution >= 4 is 18.0 Å². The van der Waals surface area contributed by atoms with Crippen molar-refractivity contribution in [3.8, 4) is 17.6 Å². The number of methoxy groups -OCH3 is 2. The first-order valence-electron chi connectivity index (χ1n) is 8.85. The van der Waals surface area contributed by atoms with Gasteiger partial charge in [-0.15, -0.1) is 0 Å². The van der Waals surface area contributed by atoms with E-state index in [2.05, 4.69) is 0 Å². The number of hydrogen-bond acceptors (Lipinski definition) is 7. The van der Waals surface area contributed by atoms with E-state index in [1.54, 1.807) is 19.1 Å². The van der Waals surface area contributed by atoms with Crippen molar-refractivity contribution in [3.63, 3.8) is 0 Å². The Labute approximate surface area is 173 Å². The summed E-state index contributed by atoms with van der Waals surface area (Å²) >= 11 is 0. The smallest absolute Gasteiger partial charge is 0.349 e. The van der Waals surface area contributed by atoms with Crippen molar-refractivity contribution in [2.45, 2.75) is 13.0 Å². The molecular weight excluding hydrogens is 393 g/mol. The molecule has 0 aromatic heterocycles. The van der Waals surface area contributed by atoms with Crippen LogP contribution in [0.2, 0.25) is 0 Å². The Kier molecular flexibility index (Phi) is 8.08. The van der Waals surface area contributed by atoms with Gasteiger partial charge in [0.15, 0.2) is 11.5 Å². The quantitative estimate of drug-likeness (QED) is 0.283. The predicted octanol–water partition coefficient (Wildman–Crippen LogP) is 3.54. The molecule has 0 radical (unpaired) electrons. The second kappa shape index (κ2) is 10.7. The Bertz CT molecular complexity index is 978. The Hall–Kier alpha value is -3.70. The molecule has 2 aromatic carbocycles. The lowest BCUT2D eigenvalue weighted by molar-refractivity contribution is -0.145. The summed E-state index contributed by atoms with van der Waals surface area (Å²) in [4.78, 5) is 24.3. The fourth-order valence-electron chi connectivity index (χ4n) is 2.42. The summed E-state index contributed by atoms with van der Waals surface area (Å²) in [5, 5.41) is 9.27. The minimum absolute atomic E-state index is 0.124. The van der Waals surface area contributed by atoms with E-state index in [0.29, 0.717) is 5.56 Å². The zero-order valence-corrected chi connectivity index (χ0v) is 16.7. The van der Waals surface area contributed by atoms with Gasteiger partial charge in [-0.3, -0.25) is 0 Å². The largest absolute Gasteiger partial charge is 0.493 e. The SMILES string of the molecule is COC[C@@H](C)OC(=O)/C(C#N)=C/c1ccc(OC(=O)c2ccc(F)cc2)c(OC)c1. The molecule has 0 aliphatic rings. The number of nitriles is 1. The normalized spacial score (nSPS) is 11.9. The van der Waals surface area contributed by atoms with Gasteiger partial charge in [-0.25, -0.2) is 14.0 Å². The molecule has 30 heavy (non-hydrogen) atoms. The van der Waals surface area contributed by atoms with Gasteiger partial charge in [0.05, 0.1) is 19.3 Å². The minimum atomic E-state index is -0.784. The van der Waals surface area contributed by atoms with E-state index in [9.17, 15) is 19.2 Å². The highest BCUT2D eigenvalue weighted by molar-refractivity contribution is 5.98. The van der Waals surface area contributed by atoms with Crippen LogP contribution in [0.15, 0.2) is 48.0 Å². The number of hydrogen-bond donors (Lipinski definition) is 0. The summed E-state index contributed by atoms with van der Waals surface area (Å²) in [5.41, 5.74) is 0.416. The molecule has 0 saturated heterocycles. The van der Waals surface area contributed by atoms with Gasteiger partial charge in [-0.2, -0.15) is 5.26 Å². The average Bonchev–Trinajstić information content (AvgIpc) is 2.73. The molecule has 0 bridgehead atoms. The third-order valence-corrected chi connectivity index (χ3v) is 3.83. The van der Waals surface area contributed by atoms with Crippen LogP contribution < -0.4 is 9.47 Å². The molecule has 0 N–H and O–H groups in total. The maximum Gasteiger partial charge on any atom is 0.349 e. The first-order chi connectivity index (χ1) is 14.4. The molecule has 0 unspecified atom stereocenters. The van der Waals surface area contributed by atoms with Crippen molar-refractivity contribution in [2.24, 2.45) is 0 Å². The molecular formula is C22H20FNO6. The van der Waals surface area contributed by atoms with Crippen molar-refractivity contribution in [2.75, 3.05) is 20.8 Å². The summed E-state index contributed by atoms with van der Waals surface area (Å²) < 4.78 is 33.5. The van der Waals surface area contributed by atoms with Crippen LogP contribution in [-0.2, 0) is 14.3 Å². The van der Waals surface area contributed by atoms with Crippen LogP contribution in [0.4, 0.5) is 4.39 Å². The number of esters is 2. The fraction of sp³-hybridized carbons (Fsp3) is 0.227. The first kappa shape index (κ1) is 22.6. The molecule has 2 rings (SSSR count). The van der Waals surface area contributed by atoms with Crippen LogP contribution in [0, 0.1) is 17.1 Å². The van der Waals surface area contributed by atoms with Crippen molar-refractivity contribution in [3.05, 3.63) is 65.0 Å². The predicted molar refractivity (Wildman–Crippen MR) is 105 cm³/mol. The van der Waals surface area contributed by atoms with Gasteiger partial charge in [0.25, 0.3) is 0 Å². The zero-order valence-electron chi connectivity index (χ0n) is 16.7. The number of carbonyl (C=O) groups is 2. The van der Waals surface area contributed by atoms with E-state index in [0.717, 1.165) is 12.1 Å². The maximum absolute atomic E-state index is 13.0. The lowest BCUT2D eigenvalue weighted by atomic mass is 10.1. The van der Waals surface area contributed by atoms with E-state index in [-0.39, 0.29) is 29.2 Å². The fourth-order valence-corrected chi connectivity index (χ4v) is 2.42. The van der Waals surface area contributed by atoms with Gasteiger partial charge in [0, 0.05) is 7.11 Å². The lowest BCUT2D eigenvalue weighted by Gasteiger charge is -2.12. The van der Waals surface area contributed by atoms with Crippen LogP contribution in [0.1, 0.15) is 22.8 Å². The summed E-state index contributed by atoms with van der Waals surface area (Å²) in [6.45, 7) is 1.84. The average molecular weight is 413 g/mol. The molecule has 0 aliphatic carbocycles. The maximum atomic E-state index is 13.0. The third-order valence-electron chi connectivity index (χ3n) is 3.83. The molecule has 0 saturated carbocycles. The van der Waals surface area contributed by atoms with Crippen molar-refractivity contribution < 1.29 is 32.9 Å². The topological polar surface area (TPSA) is 94.9 Å². The number of halogens is 1. The van der Waals surface area contributed by atoms with Gasteiger partial charge in [0.2, 0.25) is 0 Å². The summed E-state index contributed by atoms with van der Waals surface area (Å²) in [6.07, 6.45) is 0.817. The summed E-state index contributed by atoms with van der Waals surface area (Å²) in [7, 11) is 2.85. The number of rotatable bonds is 8. The molecule has 1 atom stereocenters. The van der Waals surface area contributed by atoms with Crippen LogP contribution in [0.5, 0.6) is 11.5 Å². The molecule has 0 fully saturated rings. The Morgan fingerprint density at radius 1 is 1.13 bits per heavy atom. The van der Waals surface area contributed by atoms with E-state index in [4.69, 9.17) is 18.9 Å². The van der Waals surface area contributed by atoms with Crippen LogP contribution >= 0.6 is 0 Å². The Morgan fingerprint density at radius 2 is 1.83 bits per heavy atom. The first-order valence-corrected chi connectivity index (χ1v) is 8.85. The van der Waals surface area contributed by atoms with Crippen LogP contribution in [-0.4, -0.2) is 38.9 Å². The lowest BCUT2D eigenvalue weighted by Crippen LogP contribution is -2.20. The van der Waals surface area contributed by atoms with E-state index < -0.39 is 23.9 Å². The van der Waals surface area contributed by atoms with Crippen molar-refractivity contribution in [1.29, 1.82) is 5.26 Å². The van der Waals surface area contributed by atoms with E-state index in [1.807, 2.05) is 0 Å². The second-order valence-electron chi connectivity index (χ2n) is 6.15. The zero-order chi connectivity index (χ0) is 22.1. The molecule has 0 amide bonds. The molecule has 8 heteroatoms. The highest BCUT2D eigenvalue weighted by atomic mass is 19.1. The van der Waals surface area contributed by atoms with Crippen LogP contribution in [0.25, 0.3) is 6.08 Å². The molecule has 156 valence electrons. The second-order valence-corrected chi connectivity index (χ2v) is 6.15. The number of ether oxygens (including phenoxy) is 4. The Balaban J connectivity index is 2.20.